The lowest BCUT2D eigenvalue weighted by atomic mass is 10.0. The summed E-state index contributed by atoms with van der Waals surface area (Å²) < 4.78 is 35.1. The number of benzene rings is 2. The van der Waals surface area contributed by atoms with Gasteiger partial charge in [-0.05, 0) is 37.2 Å². The lowest BCUT2D eigenvalue weighted by molar-refractivity contribution is 0.0734. The van der Waals surface area contributed by atoms with E-state index in [0.29, 0.717) is 12.3 Å². The molecular formula is C26H32N4O4S. The van der Waals surface area contributed by atoms with Gasteiger partial charge in [-0.25, -0.2) is 18.4 Å². The van der Waals surface area contributed by atoms with Crippen molar-refractivity contribution in [2.24, 2.45) is 5.92 Å². The van der Waals surface area contributed by atoms with E-state index in [0.717, 1.165) is 17.7 Å². The fourth-order valence-corrected chi connectivity index (χ4v) is 6.16. The van der Waals surface area contributed by atoms with Crippen molar-refractivity contribution in [1.29, 1.82) is 0 Å². The zero-order chi connectivity index (χ0) is 25.0. The highest BCUT2D eigenvalue weighted by Gasteiger charge is 2.38. The lowest BCUT2D eigenvalue weighted by Crippen LogP contribution is -2.49. The number of aliphatic hydroxyl groups is 1. The molecule has 0 amide bonds. The first-order valence-electron chi connectivity index (χ1n) is 11.7. The predicted molar refractivity (Wildman–Crippen MR) is 134 cm³/mol. The molecule has 0 saturated heterocycles. The van der Waals surface area contributed by atoms with E-state index in [4.69, 9.17) is 4.74 Å². The van der Waals surface area contributed by atoms with Gasteiger partial charge in [0.1, 0.15) is 23.1 Å². The van der Waals surface area contributed by atoms with E-state index in [1.165, 1.54) is 16.2 Å². The molecule has 9 heteroatoms. The Bertz CT molecular complexity index is 1220. The Labute approximate surface area is 207 Å². The summed E-state index contributed by atoms with van der Waals surface area (Å²) in [5.41, 5.74) is 2.73. The first kappa shape index (κ1) is 25.2. The van der Waals surface area contributed by atoms with Gasteiger partial charge >= 0.3 is 0 Å². The SMILES string of the molecule is C[C@H]1CN([C@@H](C)CO)S(=O)(=O)c2ccc(-c3cncnc3)cc2O[C@H]1CN(C)Cc1ccccc1. The van der Waals surface area contributed by atoms with E-state index in [2.05, 4.69) is 27.0 Å². The van der Waals surface area contributed by atoms with Gasteiger partial charge in [-0.2, -0.15) is 4.31 Å². The second-order valence-electron chi connectivity index (χ2n) is 9.21. The summed E-state index contributed by atoms with van der Waals surface area (Å²) in [6, 6.07) is 14.7. The highest BCUT2D eigenvalue weighted by molar-refractivity contribution is 7.89. The van der Waals surface area contributed by atoms with Crippen LogP contribution in [0.15, 0.2) is 72.1 Å². The van der Waals surface area contributed by atoms with Crippen LogP contribution in [0.5, 0.6) is 5.75 Å². The molecule has 0 unspecified atom stereocenters. The standard InChI is InChI=1S/C26H32N4O4S/c1-19-14-30(20(2)17-31)35(32,33)26-10-9-22(23-12-27-18-28-13-23)11-24(26)34-25(19)16-29(3)15-21-7-5-4-6-8-21/h4-13,18-20,25,31H,14-17H2,1-3H3/t19-,20-,25-/m0/s1. The Hall–Kier alpha value is -2.85. The Kier molecular flexibility index (Phi) is 7.81. The number of aliphatic hydroxyl groups excluding tert-OH is 1. The van der Waals surface area contributed by atoms with Crippen molar-refractivity contribution in [2.75, 3.05) is 26.7 Å². The molecule has 3 atom stereocenters. The van der Waals surface area contributed by atoms with Crippen molar-refractivity contribution >= 4 is 10.0 Å². The van der Waals surface area contributed by atoms with E-state index in [1.807, 2.05) is 32.2 Å². The molecule has 1 N–H and O–H groups in total. The van der Waals surface area contributed by atoms with Crippen molar-refractivity contribution in [3.63, 3.8) is 0 Å². The minimum absolute atomic E-state index is 0.0982. The molecule has 3 aromatic rings. The highest BCUT2D eigenvalue weighted by atomic mass is 32.2. The van der Waals surface area contributed by atoms with Gasteiger partial charge in [0, 0.05) is 49.6 Å². The van der Waals surface area contributed by atoms with Crippen molar-refractivity contribution in [1.82, 2.24) is 19.2 Å². The summed E-state index contributed by atoms with van der Waals surface area (Å²) in [6.45, 7) is 5.06. The van der Waals surface area contributed by atoms with Crippen LogP contribution in [0.25, 0.3) is 11.1 Å². The van der Waals surface area contributed by atoms with Crippen LogP contribution in [0.4, 0.5) is 0 Å². The smallest absolute Gasteiger partial charge is 0.247 e. The maximum absolute atomic E-state index is 13.6. The second kappa shape index (κ2) is 10.8. The third kappa shape index (κ3) is 5.70. The van der Waals surface area contributed by atoms with Gasteiger partial charge in [0.05, 0.1) is 6.61 Å². The summed E-state index contributed by atoms with van der Waals surface area (Å²) in [5, 5.41) is 9.82. The molecule has 0 aliphatic carbocycles. The number of aromatic nitrogens is 2. The van der Waals surface area contributed by atoms with Crippen LogP contribution in [0, 0.1) is 5.92 Å². The zero-order valence-electron chi connectivity index (χ0n) is 20.3. The molecule has 1 aliphatic heterocycles. The van der Waals surface area contributed by atoms with Crippen LogP contribution < -0.4 is 4.74 Å². The van der Waals surface area contributed by atoms with E-state index < -0.39 is 16.1 Å². The van der Waals surface area contributed by atoms with Crippen LogP contribution >= 0.6 is 0 Å². The molecule has 2 heterocycles. The van der Waals surface area contributed by atoms with Gasteiger partial charge in [-0.15, -0.1) is 0 Å². The van der Waals surface area contributed by atoms with Crippen molar-refractivity contribution in [3.05, 3.63) is 72.8 Å². The Morgan fingerprint density at radius 3 is 2.54 bits per heavy atom. The minimum atomic E-state index is -3.88. The average molecular weight is 497 g/mol. The number of rotatable bonds is 7. The number of likely N-dealkylation sites (N-methyl/N-ethyl adjacent to an activating group) is 1. The Morgan fingerprint density at radius 1 is 1.14 bits per heavy atom. The normalized spacial score (nSPS) is 20.9. The van der Waals surface area contributed by atoms with Gasteiger partial charge in [0.15, 0.2) is 0 Å². The number of hydrogen-bond acceptors (Lipinski definition) is 7. The molecule has 0 radical (unpaired) electrons. The zero-order valence-corrected chi connectivity index (χ0v) is 21.1. The Morgan fingerprint density at radius 2 is 1.86 bits per heavy atom. The molecule has 1 aliphatic rings. The van der Waals surface area contributed by atoms with Crippen molar-refractivity contribution in [3.8, 4) is 16.9 Å². The summed E-state index contributed by atoms with van der Waals surface area (Å²) >= 11 is 0. The van der Waals surface area contributed by atoms with Gasteiger partial charge < -0.3 is 9.84 Å². The van der Waals surface area contributed by atoms with Crippen LogP contribution in [-0.2, 0) is 16.6 Å². The molecule has 35 heavy (non-hydrogen) atoms. The maximum atomic E-state index is 13.6. The van der Waals surface area contributed by atoms with Gasteiger partial charge in [0.25, 0.3) is 0 Å². The number of hydrogen-bond donors (Lipinski definition) is 1. The fourth-order valence-electron chi connectivity index (χ4n) is 4.34. The van der Waals surface area contributed by atoms with Crippen LogP contribution in [-0.4, -0.2) is 71.6 Å². The molecule has 1 aromatic heterocycles. The molecule has 186 valence electrons. The first-order chi connectivity index (χ1) is 16.8. The maximum Gasteiger partial charge on any atom is 0.247 e. The van der Waals surface area contributed by atoms with Crippen LogP contribution in [0.3, 0.4) is 0 Å². The van der Waals surface area contributed by atoms with Gasteiger partial charge in [0.2, 0.25) is 10.0 Å². The molecular weight excluding hydrogens is 464 g/mol. The van der Waals surface area contributed by atoms with Gasteiger partial charge in [-0.3, -0.25) is 4.90 Å². The second-order valence-corrected chi connectivity index (χ2v) is 11.1. The van der Waals surface area contributed by atoms with Crippen LogP contribution in [0.2, 0.25) is 0 Å². The monoisotopic (exact) mass is 496 g/mol. The highest BCUT2D eigenvalue weighted by Crippen LogP contribution is 2.36. The molecule has 0 fully saturated rings. The van der Waals surface area contributed by atoms with E-state index in [1.54, 1.807) is 37.5 Å². The number of nitrogens with zero attached hydrogens (tertiary/aromatic N) is 4. The predicted octanol–water partition coefficient (Wildman–Crippen LogP) is 3.04. The lowest BCUT2D eigenvalue weighted by Gasteiger charge is -2.37. The number of fused-ring (bicyclic) bond motifs is 1. The molecule has 4 rings (SSSR count). The van der Waals surface area contributed by atoms with E-state index in [9.17, 15) is 13.5 Å². The van der Waals surface area contributed by atoms with Crippen molar-refractivity contribution < 1.29 is 18.3 Å². The fraction of sp³-hybridized carbons (Fsp3) is 0.385. The molecule has 0 bridgehead atoms. The molecule has 0 spiro atoms. The first-order valence-corrected chi connectivity index (χ1v) is 13.1. The average Bonchev–Trinajstić information content (AvgIpc) is 2.86. The summed E-state index contributed by atoms with van der Waals surface area (Å²) in [6.07, 6.45) is 4.54. The summed E-state index contributed by atoms with van der Waals surface area (Å²) in [5.74, 6) is 0.181. The summed E-state index contributed by atoms with van der Waals surface area (Å²) in [4.78, 5) is 10.4. The molecule has 8 nitrogen and oxygen atoms in total. The summed E-state index contributed by atoms with van der Waals surface area (Å²) in [7, 11) is -1.85. The van der Waals surface area contributed by atoms with E-state index in [-0.39, 0.29) is 30.1 Å². The Balaban J connectivity index is 1.72. The number of sulfonamides is 1. The quantitative estimate of drug-likeness (QED) is 0.537. The topological polar surface area (TPSA) is 95.9 Å². The third-order valence-electron chi connectivity index (χ3n) is 6.35. The van der Waals surface area contributed by atoms with Crippen molar-refractivity contribution in [2.45, 2.75) is 37.4 Å². The third-order valence-corrected chi connectivity index (χ3v) is 8.37. The van der Waals surface area contributed by atoms with E-state index >= 15 is 0 Å². The molecule has 0 saturated carbocycles. The van der Waals surface area contributed by atoms with Gasteiger partial charge in [-0.1, -0.05) is 43.3 Å². The molecule has 2 aromatic carbocycles. The minimum Gasteiger partial charge on any atom is -0.487 e. The van der Waals surface area contributed by atoms with Crippen LogP contribution in [0.1, 0.15) is 19.4 Å². The number of ether oxygens (including phenoxy) is 1. The largest absolute Gasteiger partial charge is 0.487 e.